The zero-order valence-corrected chi connectivity index (χ0v) is 14.1. The molecule has 1 rings (SSSR count). The Morgan fingerprint density at radius 2 is 1.60 bits per heavy atom. The van der Waals surface area contributed by atoms with Gasteiger partial charge in [-0.2, -0.15) is 0 Å². The standard InChI is InChI=1S/C16H25NO2.ClH/c1-7-17(8-2)14(6)16(18)19-15-12(4)9-11(3)10-13(15)5;/h9-10,14H,7-8H2,1-6H3;1H/t14-;/m0./s1. The van der Waals surface area contributed by atoms with Crippen molar-refractivity contribution in [3.8, 4) is 5.75 Å². The highest BCUT2D eigenvalue weighted by Crippen LogP contribution is 2.25. The number of carbonyl (C=O) groups is 1. The molecule has 0 heterocycles. The molecule has 1 aromatic carbocycles. The number of halogens is 1. The van der Waals surface area contributed by atoms with Gasteiger partial charge in [-0.25, -0.2) is 4.79 Å². The monoisotopic (exact) mass is 299 g/mol. The Morgan fingerprint density at radius 3 is 2.00 bits per heavy atom. The van der Waals surface area contributed by atoms with Gasteiger partial charge in [0, 0.05) is 0 Å². The third-order valence-corrected chi connectivity index (χ3v) is 3.51. The molecule has 1 atom stereocenters. The molecular weight excluding hydrogens is 274 g/mol. The maximum atomic E-state index is 12.2. The second-order valence-electron chi connectivity index (χ2n) is 5.05. The van der Waals surface area contributed by atoms with Crippen molar-refractivity contribution in [2.45, 2.75) is 47.6 Å². The number of aryl methyl sites for hydroxylation is 3. The van der Waals surface area contributed by atoms with Gasteiger partial charge in [-0.05, 0) is 51.9 Å². The van der Waals surface area contributed by atoms with Gasteiger partial charge in [-0.3, -0.25) is 4.90 Å². The first-order valence-electron chi connectivity index (χ1n) is 6.94. The molecular formula is C16H26ClNO2. The molecule has 0 bridgehead atoms. The zero-order chi connectivity index (χ0) is 14.6. The topological polar surface area (TPSA) is 29.5 Å². The van der Waals surface area contributed by atoms with E-state index in [1.165, 1.54) is 5.56 Å². The van der Waals surface area contributed by atoms with E-state index in [0.717, 1.165) is 24.2 Å². The summed E-state index contributed by atoms with van der Waals surface area (Å²) >= 11 is 0. The van der Waals surface area contributed by atoms with Crippen LogP contribution in [0.1, 0.15) is 37.5 Å². The Morgan fingerprint density at radius 1 is 1.15 bits per heavy atom. The molecule has 0 radical (unpaired) electrons. The summed E-state index contributed by atoms with van der Waals surface area (Å²) in [7, 11) is 0. The van der Waals surface area contributed by atoms with Crippen LogP contribution in [0.2, 0.25) is 0 Å². The summed E-state index contributed by atoms with van der Waals surface area (Å²) in [5, 5.41) is 0. The van der Waals surface area contributed by atoms with Crippen LogP contribution in [0.25, 0.3) is 0 Å². The molecule has 20 heavy (non-hydrogen) atoms. The number of likely N-dealkylation sites (N-methyl/N-ethyl adjacent to an activating group) is 1. The van der Waals surface area contributed by atoms with Crippen molar-refractivity contribution in [2.24, 2.45) is 0 Å². The number of hydrogen-bond acceptors (Lipinski definition) is 3. The highest BCUT2D eigenvalue weighted by atomic mass is 35.5. The Hall–Kier alpha value is -1.06. The van der Waals surface area contributed by atoms with Crippen molar-refractivity contribution in [1.82, 2.24) is 4.90 Å². The fraction of sp³-hybridized carbons (Fsp3) is 0.562. The second kappa shape index (κ2) is 8.28. The van der Waals surface area contributed by atoms with E-state index >= 15 is 0 Å². The zero-order valence-electron chi connectivity index (χ0n) is 13.3. The minimum atomic E-state index is -0.213. The van der Waals surface area contributed by atoms with Crippen molar-refractivity contribution in [3.05, 3.63) is 28.8 Å². The summed E-state index contributed by atoms with van der Waals surface area (Å²) in [6, 6.07) is 3.87. The normalized spacial score (nSPS) is 11.9. The van der Waals surface area contributed by atoms with Crippen LogP contribution in [0.5, 0.6) is 5.75 Å². The molecule has 1 aromatic rings. The van der Waals surface area contributed by atoms with Crippen LogP contribution in [0.3, 0.4) is 0 Å². The van der Waals surface area contributed by atoms with Crippen molar-refractivity contribution in [2.75, 3.05) is 13.1 Å². The van der Waals surface area contributed by atoms with E-state index in [0.29, 0.717) is 5.75 Å². The van der Waals surface area contributed by atoms with E-state index < -0.39 is 0 Å². The molecule has 0 fully saturated rings. The van der Waals surface area contributed by atoms with Gasteiger partial charge in [-0.1, -0.05) is 31.5 Å². The Kier molecular flexibility index (Phi) is 7.84. The summed E-state index contributed by atoms with van der Waals surface area (Å²) in [5.74, 6) is 0.522. The van der Waals surface area contributed by atoms with Crippen LogP contribution >= 0.6 is 12.4 Å². The summed E-state index contributed by atoms with van der Waals surface area (Å²) in [6.45, 7) is 13.7. The summed E-state index contributed by atoms with van der Waals surface area (Å²) < 4.78 is 5.60. The van der Waals surface area contributed by atoms with Crippen LogP contribution in [0.4, 0.5) is 0 Å². The van der Waals surface area contributed by atoms with Gasteiger partial charge in [0.15, 0.2) is 0 Å². The van der Waals surface area contributed by atoms with Gasteiger partial charge in [0.25, 0.3) is 0 Å². The largest absolute Gasteiger partial charge is 0.425 e. The molecule has 0 saturated carbocycles. The van der Waals surface area contributed by atoms with Crippen LogP contribution in [-0.2, 0) is 4.79 Å². The van der Waals surface area contributed by atoms with Gasteiger partial charge in [0.1, 0.15) is 11.8 Å². The second-order valence-corrected chi connectivity index (χ2v) is 5.05. The average molecular weight is 300 g/mol. The molecule has 0 unspecified atom stereocenters. The van der Waals surface area contributed by atoms with Crippen molar-refractivity contribution >= 4 is 18.4 Å². The van der Waals surface area contributed by atoms with Crippen LogP contribution in [0, 0.1) is 20.8 Å². The van der Waals surface area contributed by atoms with Gasteiger partial charge >= 0.3 is 5.97 Å². The highest BCUT2D eigenvalue weighted by molar-refractivity contribution is 5.85. The molecule has 0 saturated heterocycles. The summed E-state index contributed by atoms with van der Waals surface area (Å²) in [6.07, 6.45) is 0. The first-order valence-corrected chi connectivity index (χ1v) is 6.94. The van der Waals surface area contributed by atoms with E-state index in [4.69, 9.17) is 4.74 Å². The quantitative estimate of drug-likeness (QED) is 0.614. The summed E-state index contributed by atoms with van der Waals surface area (Å²) in [4.78, 5) is 14.3. The predicted molar refractivity (Wildman–Crippen MR) is 85.9 cm³/mol. The minimum Gasteiger partial charge on any atom is -0.425 e. The number of benzene rings is 1. The number of hydrogen-bond donors (Lipinski definition) is 0. The third-order valence-electron chi connectivity index (χ3n) is 3.51. The van der Waals surface area contributed by atoms with E-state index in [1.54, 1.807) is 0 Å². The van der Waals surface area contributed by atoms with E-state index in [-0.39, 0.29) is 24.4 Å². The maximum absolute atomic E-state index is 12.2. The highest BCUT2D eigenvalue weighted by Gasteiger charge is 2.22. The Balaban J connectivity index is 0.00000361. The number of ether oxygens (including phenoxy) is 1. The maximum Gasteiger partial charge on any atom is 0.328 e. The van der Waals surface area contributed by atoms with Crippen LogP contribution in [-0.4, -0.2) is 30.0 Å². The first-order chi connectivity index (χ1) is 8.90. The molecule has 0 N–H and O–H groups in total. The van der Waals surface area contributed by atoms with Crippen molar-refractivity contribution < 1.29 is 9.53 Å². The molecule has 0 amide bonds. The van der Waals surface area contributed by atoms with Gasteiger partial charge in [-0.15, -0.1) is 12.4 Å². The molecule has 0 aromatic heterocycles. The lowest BCUT2D eigenvalue weighted by molar-refractivity contribution is -0.139. The van der Waals surface area contributed by atoms with Crippen LogP contribution in [0.15, 0.2) is 12.1 Å². The lowest BCUT2D eigenvalue weighted by Crippen LogP contribution is -2.41. The lowest BCUT2D eigenvalue weighted by atomic mass is 10.1. The van der Waals surface area contributed by atoms with Gasteiger partial charge < -0.3 is 4.74 Å². The van der Waals surface area contributed by atoms with Crippen molar-refractivity contribution in [3.63, 3.8) is 0 Å². The van der Waals surface area contributed by atoms with Crippen LogP contribution < -0.4 is 4.74 Å². The predicted octanol–water partition coefficient (Wildman–Crippen LogP) is 3.67. The minimum absolute atomic E-state index is 0. The molecule has 0 aliphatic rings. The third kappa shape index (κ3) is 4.50. The van der Waals surface area contributed by atoms with Crippen molar-refractivity contribution in [1.29, 1.82) is 0 Å². The first kappa shape index (κ1) is 18.9. The number of esters is 1. The number of rotatable bonds is 5. The van der Waals surface area contributed by atoms with Gasteiger partial charge in [0.05, 0.1) is 0 Å². The molecule has 3 nitrogen and oxygen atoms in total. The molecule has 0 spiro atoms. The Bertz CT molecular complexity index is 433. The fourth-order valence-corrected chi connectivity index (χ4v) is 2.43. The molecule has 0 aliphatic carbocycles. The average Bonchev–Trinajstić information content (AvgIpc) is 2.34. The van der Waals surface area contributed by atoms with E-state index in [9.17, 15) is 4.79 Å². The smallest absolute Gasteiger partial charge is 0.328 e. The van der Waals surface area contributed by atoms with E-state index in [2.05, 4.69) is 18.7 Å². The summed E-state index contributed by atoms with van der Waals surface area (Å²) in [5.41, 5.74) is 3.21. The number of nitrogens with zero attached hydrogens (tertiary/aromatic N) is 1. The Labute approximate surface area is 128 Å². The molecule has 4 heteroatoms. The molecule has 114 valence electrons. The number of carbonyl (C=O) groups excluding carboxylic acids is 1. The van der Waals surface area contributed by atoms with E-state index in [1.807, 2.05) is 39.8 Å². The SMILES string of the molecule is CCN(CC)[C@@H](C)C(=O)Oc1c(C)cc(C)cc1C.Cl. The molecule has 0 aliphatic heterocycles. The lowest BCUT2D eigenvalue weighted by Gasteiger charge is -2.25. The fourth-order valence-electron chi connectivity index (χ4n) is 2.43. The van der Waals surface area contributed by atoms with Gasteiger partial charge in [0.2, 0.25) is 0 Å².